The van der Waals surface area contributed by atoms with Gasteiger partial charge in [0.2, 0.25) is 0 Å². The van der Waals surface area contributed by atoms with Gasteiger partial charge in [-0.15, -0.1) is 0 Å². The minimum Gasteiger partial charge on any atom is -2.00 e. The molecular formula is C4H10BaO2. The van der Waals surface area contributed by atoms with Crippen molar-refractivity contribution in [2.24, 2.45) is 0 Å². The summed E-state index contributed by atoms with van der Waals surface area (Å²) in [6.45, 7) is 2.40. The number of rotatable bonds is 2. The van der Waals surface area contributed by atoms with E-state index in [-0.39, 0.29) is 54.4 Å². The molecule has 0 heterocycles. The first-order valence-electron chi connectivity index (χ1n) is 2.02. The normalized spacial score (nSPS) is 6.00. The third kappa shape index (κ3) is 18.5. The van der Waals surface area contributed by atoms with E-state index in [9.17, 15) is 0 Å². The van der Waals surface area contributed by atoms with E-state index in [0.29, 0.717) is 6.61 Å². The quantitative estimate of drug-likeness (QED) is 0.677. The molecule has 2 nitrogen and oxygen atoms in total. The fraction of sp³-hybridized carbons (Fsp3) is 1.00. The smallest absolute Gasteiger partial charge is 2.00 e. The van der Waals surface area contributed by atoms with Crippen LogP contribution in [0.25, 0.3) is 0 Å². The van der Waals surface area contributed by atoms with Crippen LogP contribution in [0.15, 0.2) is 0 Å². The van der Waals surface area contributed by atoms with Gasteiger partial charge >= 0.3 is 48.9 Å². The summed E-state index contributed by atoms with van der Waals surface area (Å²) in [6, 6.07) is 0. The van der Waals surface area contributed by atoms with Gasteiger partial charge in [-0.05, 0) is 6.42 Å². The van der Waals surface area contributed by atoms with Crippen LogP contribution in [0.1, 0.15) is 19.8 Å². The fourth-order valence-electron chi connectivity index (χ4n) is 0.158. The number of aliphatic hydroxyl groups is 1. The van der Waals surface area contributed by atoms with Crippen LogP contribution < -0.4 is 0 Å². The summed E-state index contributed by atoms with van der Waals surface area (Å²) >= 11 is 0. The standard InChI is InChI=1S/C4H10O.Ba.O/c1-2-3-4-5;;/h5H,2-4H2,1H3;;/q;+2;-2. The van der Waals surface area contributed by atoms with Crippen molar-refractivity contribution in [2.75, 3.05) is 6.61 Å². The maximum Gasteiger partial charge on any atom is 2.00 e. The summed E-state index contributed by atoms with van der Waals surface area (Å²) in [5, 5.41) is 8.07. The molecule has 0 saturated carbocycles. The zero-order valence-electron chi connectivity index (χ0n) is 4.68. The number of unbranched alkanes of at least 4 members (excludes halogenated alkanes) is 1. The van der Waals surface area contributed by atoms with Gasteiger partial charge in [0, 0.05) is 6.61 Å². The first-order chi connectivity index (χ1) is 2.41. The molecule has 0 bridgehead atoms. The van der Waals surface area contributed by atoms with Gasteiger partial charge in [-0.2, -0.15) is 0 Å². The maximum absolute atomic E-state index is 8.07. The van der Waals surface area contributed by atoms with Crippen molar-refractivity contribution in [1.82, 2.24) is 0 Å². The van der Waals surface area contributed by atoms with E-state index in [0.717, 1.165) is 12.8 Å². The van der Waals surface area contributed by atoms with Crippen LogP contribution in [0.5, 0.6) is 0 Å². The molecule has 0 atom stereocenters. The SMILES string of the molecule is CCCCO.[Ba+2].[O-2]. The Balaban J connectivity index is -0.0000000800. The molecule has 0 spiro atoms. The van der Waals surface area contributed by atoms with E-state index in [1.54, 1.807) is 0 Å². The van der Waals surface area contributed by atoms with Crippen LogP contribution in [0, 0.1) is 0 Å². The molecule has 0 aromatic carbocycles. The van der Waals surface area contributed by atoms with Crippen molar-refractivity contribution in [3.8, 4) is 0 Å². The van der Waals surface area contributed by atoms with Gasteiger partial charge in [0.05, 0.1) is 0 Å². The zero-order valence-corrected chi connectivity index (χ0v) is 9.12. The molecule has 0 radical (unpaired) electrons. The molecule has 0 saturated heterocycles. The molecule has 0 aromatic rings. The summed E-state index contributed by atoms with van der Waals surface area (Å²) in [5.41, 5.74) is 0. The zero-order chi connectivity index (χ0) is 4.12. The van der Waals surface area contributed by atoms with E-state index in [2.05, 4.69) is 6.92 Å². The van der Waals surface area contributed by atoms with E-state index < -0.39 is 0 Å². The Labute approximate surface area is 84.7 Å². The fourth-order valence-corrected chi connectivity index (χ4v) is 0.158. The number of aliphatic hydroxyl groups excluding tert-OH is 1. The van der Waals surface area contributed by atoms with Crippen LogP contribution in [0.2, 0.25) is 0 Å². The number of hydrogen-bond acceptors (Lipinski definition) is 1. The van der Waals surface area contributed by atoms with Crippen LogP contribution >= 0.6 is 0 Å². The Bertz CT molecular complexity index is 17.2. The molecule has 0 rings (SSSR count). The molecule has 7 heavy (non-hydrogen) atoms. The molecule has 40 valence electrons. The first kappa shape index (κ1) is 15.8. The van der Waals surface area contributed by atoms with Crippen molar-refractivity contribution in [3.05, 3.63) is 0 Å². The Hall–Kier alpha value is 1.49. The molecule has 0 aliphatic carbocycles. The van der Waals surface area contributed by atoms with Crippen LogP contribution in [0.4, 0.5) is 0 Å². The summed E-state index contributed by atoms with van der Waals surface area (Å²) < 4.78 is 0. The van der Waals surface area contributed by atoms with Gasteiger partial charge < -0.3 is 10.6 Å². The van der Waals surface area contributed by atoms with E-state index >= 15 is 0 Å². The molecule has 3 heteroatoms. The predicted octanol–water partition coefficient (Wildman–Crippen LogP) is 0.279. The minimum absolute atomic E-state index is 0. The second kappa shape index (κ2) is 15.6. The summed E-state index contributed by atoms with van der Waals surface area (Å²) in [7, 11) is 0. The van der Waals surface area contributed by atoms with Gasteiger partial charge in [0.15, 0.2) is 0 Å². The van der Waals surface area contributed by atoms with Gasteiger partial charge in [-0.1, -0.05) is 13.3 Å². The molecule has 0 unspecified atom stereocenters. The van der Waals surface area contributed by atoms with Crippen molar-refractivity contribution in [2.45, 2.75) is 19.8 Å². The predicted molar refractivity (Wildman–Crippen MR) is 28.4 cm³/mol. The Kier molecular flexibility index (Phi) is 35.3. The van der Waals surface area contributed by atoms with Gasteiger partial charge in [-0.3, -0.25) is 0 Å². The van der Waals surface area contributed by atoms with E-state index in [1.165, 1.54) is 0 Å². The molecule has 0 aliphatic heterocycles. The Morgan fingerprint density at radius 3 is 1.86 bits per heavy atom. The minimum atomic E-state index is 0. The molecule has 0 amide bonds. The average molecular weight is 227 g/mol. The molecule has 0 aliphatic rings. The summed E-state index contributed by atoms with van der Waals surface area (Å²) in [6.07, 6.45) is 2.04. The van der Waals surface area contributed by atoms with Crippen molar-refractivity contribution < 1.29 is 10.6 Å². The second-order valence-corrected chi connectivity index (χ2v) is 1.08. The van der Waals surface area contributed by atoms with Crippen molar-refractivity contribution in [1.29, 1.82) is 0 Å². The van der Waals surface area contributed by atoms with Crippen LogP contribution in [0.3, 0.4) is 0 Å². The molecular weight excluding hydrogens is 217 g/mol. The van der Waals surface area contributed by atoms with E-state index in [4.69, 9.17) is 5.11 Å². The maximum atomic E-state index is 8.07. The third-order valence-corrected chi connectivity index (χ3v) is 0.512. The Morgan fingerprint density at radius 2 is 1.86 bits per heavy atom. The van der Waals surface area contributed by atoms with Gasteiger partial charge in [0.1, 0.15) is 0 Å². The topological polar surface area (TPSA) is 48.7 Å². The first-order valence-corrected chi connectivity index (χ1v) is 2.02. The average Bonchev–Trinajstić information content (AvgIpc) is 1.41. The van der Waals surface area contributed by atoms with Crippen molar-refractivity contribution >= 4 is 48.9 Å². The molecule has 0 aromatic heterocycles. The van der Waals surface area contributed by atoms with E-state index in [1.807, 2.05) is 0 Å². The molecule has 0 fully saturated rings. The molecule has 1 N–H and O–H groups in total. The summed E-state index contributed by atoms with van der Waals surface area (Å²) in [5.74, 6) is 0. The summed E-state index contributed by atoms with van der Waals surface area (Å²) in [4.78, 5) is 0. The third-order valence-electron chi connectivity index (χ3n) is 0.512. The van der Waals surface area contributed by atoms with Gasteiger partial charge in [-0.25, -0.2) is 0 Å². The second-order valence-electron chi connectivity index (χ2n) is 1.08. The monoisotopic (exact) mass is 228 g/mol. The largest absolute Gasteiger partial charge is 2.00 e. The Morgan fingerprint density at radius 1 is 1.43 bits per heavy atom. The van der Waals surface area contributed by atoms with Crippen LogP contribution in [-0.2, 0) is 5.48 Å². The van der Waals surface area contributed by atoms with Gasteiger partial charge in [0.25, 0.3) is 0 Å². The number of hydrogen-bond donors (Lipinski definition) is 1. The van der Waals surface area contributed by atoms with Crippen molar-refractivity contribution in [3.63, 3.8) is 0 Å². The van der Waals surface area contributed by atoms with Crippen LogP contribution in [-0.4, -0.2) is 60.6 Å².